The summed E-state index contributed by atoms with van der Waals surface area (Å²) in [6.45, 7) is 3.48. The van der Waals surface area contributed by atoms with Crippen LogP contribution in [-0.4, -0.2) is 37.1 Å². The zero-order valence-electron chi connectivity index (χ0n) is 16.0. The zero-order chi connectivity index (χ0) is 19.4. The van der Waals surface area contributed by atoms with Gasteiger partial charge in [0.25, 0.3) is 0 Å². The highest BCUT2D eigenvalue weighted by Gasteiger charge is 2.14. The number of allylic oxidation sites excluding steroid dienone is 2. The molecule has 27 heavy (non-hydrogen) atoms. The number of aromatic amines is 1. The summed E-state index contributed by atoms with van der Waals surface area (Å²) in [5, 5.41) is 10.2. The van der Waals surface area contributed by atoms with Crippen LogP contribution in [0, 0.1) is 17.4 Å². The predicted octanol–water partition coefficient (Wildman–Crippen LogP) is 2.67. The lowest BCUT2D eigenvalue weighted by Gasteiger charge is -2.10. The lowest BCUT2D eigenvalue weighted by Crippen LogP contribution is -2.13. The fraction of sp³-hybridized carbons (Fsp3) is 0.333. The molecule has 1 atom stereocenters. The largest absolute Gasteiger partial charge is 0.493 e. The molecule has 1 aliphatic heterocycles. The van der Waals surface area contributed by atoms with Crippen LogP contribution in [0.5, 0.6) is 11.5 Å². The van der Waals surface area contributed by atoms with E-state index in [1.54, 1.807) is 20.3 Å². The van der Waals surface area contributed by atoms with Gasteiger partial charge in [-0.1, -0.05) is 25.2 Å². The van der Waals surface area contributed by atoms with Gasteiger partial charge in [-0.2, -0.15) is 5.10 Å². The molecule has 142 valence electrons. The Labute approximate surface area is 157 Å². The van der Waals surface area contributed by atoms with E-state index >= 15 is 0 Å². The van der Waals surface area contributed by atoms with Crippen molar-refractivity contribution < 1.29 is 13.9 Å². The number of nitrogens with zero attached hydrogens (tertiary/aromatic N) is 2. The molecule has 1 aromatic heterocycles. The Kier molecular flexibility index (Phi) is 5.74. The number of alkyl halides is 1. The third kappa shape index (κ3) is 3.65. The maximum absolute atomic E-state index is 12.7. The normalized spacial score (nSPS) is 16.2. The number of methoxy groups -OCH3 is 2. The molecule has 2 aromatic rings. The quantitative estimate of drug-likeness (QED) is 0.797. The van der Waals surface area contributed by atoms with Crippen LogP contribution in [0.4, 0.5) is 4.39 Å². The number of nitrogens with one attached hydrogen (secondary N) is 1. The first-order valence-electron chi connectivity index (χ1n) is 8.92. The van der Waals surface area contributed by atoms with Crippen LogP contribution in [0.2, 0.25) is 0 Å². The third-order valence-electron chi connectivity index (χ3n) is 4.54. The van der Waals surface area contributed by atoms with Crippen molar-refractivity contribution in [1.82, 2.24) is 10.2 Å². The molecule has 1 aliphatic rings. The number of benzene rings is 1. The molecule has 6 heteroatoms. The Hall–Kier alpha value is -2.89. The second-order valence-electron chi connectivity index (χ2n) is 6.24. The number of hydrogen-bond donors (Lipinski definition) is 1. The molecule has 0 saturated carbocycles. The van der Waals surface area contributed by atoms with Gasteiger partial charge in [0.1, 0.15) is 6.67 Å². The van der Waals surface area contributed by atoms with E-state index < -0.39 is 6.67 Å². The summed E-state index contributed by atoms with van der Waals surface area (Å²) in [5.41, 5.74) is 2.50. The molecule has 3 rings (SSSR count). The number of halogens is 1. The van der Waals surface area contributed by atoms with E-state index in [2.05, 4.69) is 22.3 Å². The smallest absolute Gasteiger partial charge is 0.161 e. The molecule has 0 amide bonds. The summed E-state index contributed by atoms with van der Waals surface area (Å²) in [7, 11) is 3.23. The predicted molar refractivity (Wildman–Crippen MR) is 103 cm³/mol. The third-order valence-corrected chi connectivity index (χ3v) is 4.54. The van der Waals surface area contributed by atoms with Crippen molar-refractivity contribution in [2.24, 2.45) is 4.99 Å². The van der Waals surface area contributed by atoms with Gasteiger partial charge in [0, 0.05) is 5.22 Å². The fourth-order valence-corrected chi connectivity index (χ4v) is 3.31. The van der Waals surface area contributed by atoms with Crippen LogP contribution in [-0.2, 0) is 0 Å². The highest BCUT2D eigenvalue weighted by Crippen LogP contribution is 2.25. The lowest BCUT2D eigenvalue weighted by molar-refractivity contribution is 0.354. The molecular formula is C21H24FN3O2. The number of aromatic nitrogens is 2. The molecule has 0 aliphatic carbocycles. The Morgan fingerprint density at radius 3 is 2.67 bits per heavy atom. The number of rotatable bonds is 6. The Balaban J connectivity index is 2.40. The van der Waals surface area contributed by atoms with Gasteiger partial charge in [-0.05, 0) is 47.6 Å². The van der Waals surface area contributed by atoms with Gasteiger partial charge in [-0.25, -0.2) is 4.39 Å². The van der Waals surface area contributed by atoms with Crippen LogP contribution >= 0.6 is 0 Å². The van der Waals surface area contributed by atoms with Crippen molar-refractivity contribution in [1.29, 1.82) is 0 Å². The molecule has 0 spiro atoms. The number of fused-ring (bicyclic) bond motifs is 2. The summed E-state index contributed by atoms with van der Waals surface area (Å²) < 4.78 is 23.7. The molecular weight excluding hydrogens is 345 g/mol. The Bertz CT molecular complexity index is 1100. The summed E-state index contributed by atoms with van der Waals surface area (Å²) >= 11 is 0. The van der Waals surface area contributed by atoms with Crippen LogP contribution < -0.4 is 20.2 Å². The standard InChI is InChI=1S/C21H24FN3O2/c1-5-7-14(8-6-9-22)17-10-15-11-18(26-3)19(27-4)12-16(15)20-13(2)24-25-21(20)23-17/h6-8,10-12,17H,5,9H2,1-4H3,(H,23,25)/b8-6-,14-7+. The molecule has 0 bridgehead atoms. The highest BCUT2D eigenvalue weighted by atomic mass is 19.1. The van der Waals surface area contributed by atoms with Crippen molar-refractivity contribution >= 4 is 6.08 Å². The molecule has 1 N–H and O–H groups in total. The van der Waals surface area contributed by atoms with Gasteiger partial charge in [0.2, 0.25) is 0 Å². The second kappa shape index (κ2) is 8.20. The van der Waals surface area contributed by atoms with E-state index in [9.17, 15) is 4.39 Å². The van der Waals surface area contributed by atoms with Crippen LogP contribution in [0.25, 0.3) is 6.08 Å². The fourth-order valence-electron chi connectivity index (χ4n) is 3.31. The van der Waals surface area contributed by atoms with Crippen molar-refractivity contribution in [3.05, 3.63) is 62.8 Å². The lowest BCUT2D eigenvalue weighted by atomic mass is 10.0. The Morgan fingerprint density at radius 1 is 1.26 bits per heavy atom. The molecule has 5 nitrogen and oxygen atoms in total. The van der Waals surface area contributed by atoms with Crippen molar-refractivity contribution in [3.63, 3.8) is 0 Å². The summed E-state index contributed by atoms with van der Waals surface area (Å²) in [5.74, 6) is 1.30. The molecule has 0 fully saturated rings. The second-order valence-corrected chi connectivity index (χ2v) is 6.24. The van der Waals surface area contributed by atoms with Crippen molar-refractivity contribution in [2.75, 3.05) is 20.9 Å². The van der Waals surface area contributed by atoms with E-state index in [4.69, 9.17) is 14.5 Å². The average Bonchev–Trinajstić information content (AvgIpc) is 2.95. The van der Waals surface area contributed by atoms with Gasteiger partial charge in [-0.3, -0.25) is 10.1 Å². The highest BCUT2D eigenvalue weighted by molar-refractivity contribution is 5.50. The Morgan fingerprint density at radius 2 is 2.00 bits per heavy atom. The van der Waals surface area contributed by atoms with Gasteiger partial charge >= 0.3 is 0 Å². The van der Waals surface area contributed by atoms with E-state index in [1.807, 2.05) is 26.0 Å². The molecule has 0 saturated heterocycles. The minimum atomic E-state index is -0.510. The maximum Gasteiger partial charge on any atom is 0.161 e. The summed E-state index contributed by atoms with van der Waals surface area (Å²) in [4.78, 5) is 4.86. The van der Waals surface area contributed by atoms with Gasteiger partial charge < -0.3 is 9.47 Å². The molecule has 1 unspecified atom stereocenters. The first-order valence-corrected chi connectivity index (χ1v) is 8.92. The summed E-state index contributed by atoms with van der Waals surface area (Å²) in [6, 6.07) is 3.64. The van der Waals surface area contributed by atoms with E-state index in [0.717, 1.165) is 33.3 Å². The minimum Gasteiger partial charge on any atom is -0.493 e. The monoisotopic (exact) mass is 369 g/mol. The van der Waals surface area contributed by atoms with E-state index in [0.29, 0.717) is 17.0 Å². The van der Waals surface area contributed by atoms with E-state index in [1.165, 1.54) is 6.08 Å². The van der Waals surface area contributed by atoms with E-state index in [-0.39, 0.29) is 6.04 Å². The molecule has 1 aromatic carbocycles. The topological polar surface area (TPSA) is 59.5 Å². The molecule has 0 radical (unpaired) electrons. The average molecular weight is 369 g/mol. The van der Waals surface area contributed by atoms with Crippen LogP contribution in [0.15, 0.2) is 40.9 Å². The summed E-state index contributed by atoms with van der Waals surface area (Å²) in [6.07, 6.45) is 8.26. The minimum absolute atomic E-state index is 0.259. The van der Waals surface area contributed by atoms with Gasteiger partial charge in [0.15, 0.2) is 17.0 Å². The number of ether oxygens (including phenoxy) is 2. The van der Waals surface area contributed by atoms with Crippen molar-refractivity contribution in [3.8, 4) is 11.5 Å². The SMILES string of the molecule is CC/C=C(\C=C/CF)C1C=c2cc(OC)c(OC)cc2=c2c(C)n[nH]c2=N1. The number of hydrogen-bond acceptors (Lipinski definition) is 4. The van der Waals surface area contributed by atoms with Crippen LogP contribution in [0.1, 0.15) is 19.0 Å². The molecule has 2 heterocycles. The maximum atomic E-state index is 12.7. The van der Waals surface area contributed by atoms with Crippen molar-refractivity contribution in [2.45, 2.75) is 26.3 Å². The van der Waals surface area contributed by atoms with Gasteiger partial charge in [0.05, 0.1) is 26.0 Å². The number of aryl methyl sites for hydroxylation is 1. The van der Waals surface area contributed by atoms with Gasteiger partial charge in [-0.15, -0.1) is 0 Å². The zero-order valence-corrected chi connectivity index (χ0v) is 16.0. The number of H-pyrrole nitrogens is 1. The first kappa shape index (κ1) is 18.9. The first-order chi connectivity index (χ1) is 13.1. The van der Waals surface area contributed by atoms with Crippen LogP contribution in [0.3, 0.4) is 0 Å².